The molecule has 0 aliphatic heterocycles. The largest absolute Gasteiger partial charge is 0.300 e. The lowest BCUT2D eigenvalue weighted by molar-refractivity contribution is -0.116. The number of Topliss-reactive ketones (excluding diaryl/α,β-unsaturated/α-hetero) is 1. The molecule has 0 aliphatic rings. The van der Waals surface area contributed by atoms with Crippen LogP contribution in [0.3, 0.4) is 0 Å². The number of allylic oxidation sites excluding steroid dienone is 1. The number of benzene rings is 1. The van der Waals surface area contributed by atoms with Gasteiger partial charge in [-0.2, -0.15) is 0 Å². The molecule has 1 aromatic rings. The van der Waals surface area contributed by atoms with Crippen LogP contribution in [-0.4, -0.2) is 24.8 Å². The van der Waals surface area contributed by atoms with Crippen molar-refractivity contribution in [2.75, 3.05) is 14.1 Å². The monoisotopic (exact) mass is 281 g/mol. The van der Waals surface area contributed by atoms with Gasteiger partial charge in [0.1, 0.15) is 0 Å². The summed E-state index contributed by atoms with van der Waals surface area (Å²) in [7, 11) is 4.11. The standard InChI is InChI=1S/C16H23NO.ClH/c1-13(2)15(18)11-12-16(3,17(4)5)14-9-7-6-8-10-14;/h6-10H,1,11-12H2,2-5H3;1H. The van der Waals surface area contributed by atoms with Crippen molar-refractivity contribution >= 4 is 18.2 Å². The zero-order valence-corrected chi connectivity index (χ0v) is 13.1. The van der Waals surface area contributed by atoms with Crippen LogP contribution < -0.4 is 0 Å². The van der Waals surface area contributed by atoms with E-state index in [-0.39, 0.29) is 23.7 Å². The Hall–Kier alpha value is -1.12. The zero-order valence-electron chi connectivity index (χ0n) is 12.3. The van der Waals surface area contributed by atoms with Crippen molar-refractivity contribution in [2.45, 2.75) is 32.2 Å². The minimum atomic E-state index is -0.119. The van der Waals surface area contributed by atoms with E-state index in [4.69, 9.17) is 0 Å². The van der Waals surface area contributed by atoms with Gasteiger partial charge in [-0.05, 0) is 45.5 Å². The van der Waals surface area contributed by atoms with E-state index in [1.54, 1.807) is 6.92 Å². The topological polar surface area (TPSA) is 20.3 Å². The summed E-state index contributed by atoms with van der Waals surface area (Å²) in [6.45, 7) is 7.66. The number of carbonyl (C=O) groups excluding carboxylic acids is 1. The van der Waals surface area contributed by atoms with Crippen molar-refractivity contribution < 1.29 is 4.79 Å². The van der Waals surface area contributed by atoms with Crippen LogP contribution in [0.25, 0.3) is 0 Å². The summed E-state index contributed by atoms with van der Waals surface area (Å²) >= 11 is 0. The summed E-state index contributed by atoms with van der Waals surface area (Å²) in [6, 6.07) is 10.3. The fraction of sp³-hybridized carbons (Fsp3) is 0.438. The third-order valence-corrected chi connectivity index (χ3v) is 3.70. The lowest BCUT2D eigenvalue weighted by Crippen LogP contribution is -2.39. The van der Waals surface area contributed by atoms with Gasteiger partial charge < -0.3 is 0 Å². The molecule has 0 radical (unpaired) electrons. The van der Waals surface area contributed by atoms with Gasteiger partial charge in [0, 0.05) is 12.0 Å². The lowest BCUT2D eigenvalue weighted by atomic mass is 9.85. The average molecular weight is 282 g/mol. The van der Waals surface area contributed by atoms with E-state index in [0.29, 0.717) is 12.0 Å². The fourth-order valence-corrected chi connectivity index (χ4v) is 1.99. The van der Waals surface area contributed by atoms with Gasteiger partial charge in [-0.3, -0.25) is 9.69 Å². The Morgan fingerprint density at radius 1 is 1.26 bits per heavy atom. The molecule has 0 aliphatic carbocycles. The Balaban J connectivity index is 0.00000324. The zero-order chi connectivity index (χ0) is 13.8. The number of nitrogens with zero attached hydrogens (tertiary/aromatic N) is 1. The SMILES string of the molecule is C=C(C)C(=O)CCC(C)(c1ccccc1)N(C)C.Cl. The highest BCUT2D eigenvalue weighted by Crippen LogP contribution is 2.31. The molecule has 0 aromatic heterocycles. The first-order chi connectivity index (χ1) is 8.38. The van der Waals surface area contributed by atoms with Crippen LogP contribution >= 0.6 is 12.4 Å². The third kappa shape index (κ3) is 4.48. The van der Waals surface area contributed by atoms with Gasteiger partial charge in [-0.25, -0.2) is 0 Å². The van der Waals surface area contributed by atoms with Crippen molar-refractivity contribution in [1.29, 1.82) is 0 Å². The van der Waals surface area contributed by atoms with Crippen molar-refractivity contribution in [3.05, 3.63) is 48.0 Å². The molecule has 0 amide bonds. The minimum absolute atomic E-state index is 0. The summed E-state index contributed by atoms with van der Waals surface area (Å²) in [5.41, 5.74) is 1.76. The molecule has 0 saturated carbocycles. The molecule has 0 bridgehead atoms. The first-order valence-electron chi connectivity index (χ1n) is 6.29. The summed E-state index contributed by atoms with van der Waals surface area (Å²) in [5.74, 6) is 0.152. The molecule has 0 heterocycles. The first kappa shape index (κ1) is 17.9. The summed E-state index contributed by atoms with van der Waals surface area (Å²) in [4.78, 5) is 13.9. The lowest BCUT2D eigenvalue weighted by Gasteiger charge is -2.37. The van der Waals surface area contributed by atoms with Crippen LogP contribution in [-0.2, 0) is 10.3 Å². The molecule has 1 unspecified atom stereocenters. The van der Waals surface area contributed by atoms with Crippen molar-refractivity contribution in [2.24, 2.45) is 0 Å². The van der Waals surface area contributed by atoms with Gasteiger partial charge in [0.25, 0.3) is 0 Å². The van der Waals surface area contributed by atoms with E-state index < -0.39 is 0 Å². The second kappa shape index (κ2) is 7.46. The number of rotatable bonds is 6. The number of hydrogen-bond acceptors (Lipinski definition) is 2. The van der Waals surface area contributed by atoms with Gasteiger partial charge in [-0.1, -0.05) is 36.9 Å². The van der Waals surface area contributed by atoms with Crippen LogP contribution in [0.4, 0.5) is 0 Å². The summed E-state index contributed by atoms with van der Waals surface area (Å²) in [6.07, 6.45) is 1.34. The third-order valence-electron chi connectivity index (χ3n) is 3.70. The normalized spacial score (nSPS) is 13.5. The second-order valence-corrected chi connectivity index (χ2v) is 5.24. The molecule has 0 saturated heterocycles. The molecule has 106 valence electrons. The predicted molar refractivity (Wildman–Crippen MR) is 83.8 cm³/mol. The highest BCUT2D eigenvalue weighted by molar-refractivity contribution is 5.94. The Kier molecular flexibility index (Phi) is 7.02. The Labute approximate surface area is 122 Å². The minimum Gasteiger partial charge on any atom is -0.300 e. The van der Waals surface area contributed by atoms with Crippen LogP contribution in [0.2, 0.25) is 0 Å². The van der Waals surface area contributed by atoms with E-state index >= 15 is 0 Å². The van der Waals surface area contributed by atoms with E-state index in [1.807, 2.05) is 18.2 Å². The molecule has 0 spiro atoms. The van der Waals surface area contributed by atoms with Crippen LogP contribution in [0, 0.1) is 0 Å². The van der Waals surface area contributed by atoms with E-state index in [9.17, 15) is 4.79 Å². The highest BCUT2D eigenvalue weighted by atomic mass is 35.5. The molecule has 1 atom stereocenters. The number of hydrogen-bond donors (Lipinski definition) is 0. The molecule has 0 N–H and O–H groups in total. The van der Waals surface area contributed by atoms with E-state index in [2.05, 4.69) is 44.6 Å². The molecule has 3 heteroatoms. The molecular weight excluding hydrogens is 258 g/mol. The maximum atomic E-state index is 11.7. The number of ketones is 1. The summed E-state index contributed by atoms with van der Waals surface area (Å²) in [5, 5.41) is 0. The first-order valence-corrected chi connectivity index (χ1v) is 6.29. The number of carbonyl (C=O) groups is 1. The molecular formula is C16H24ClNO. The molecule has 1 rings (SSSR count). The van der Waals surface area contributed by atoms with Crippen molar-refractivity contribution in [1.82, 2.24) is 4.90 Å². The maximum absolute atomic E-state index is 11.7. The van der Waals surface area contributed by atoms with E-state index in [0.717, 1.165) is 6.42 Å². The molecule has 2 nitrogen and oxygen atoms in total. The van der Waals surface area contributed by atoms with Gasteiger partial charge >= 0.3 is 0 Å². The van der Waals surface area contributed by atoms with Crippen LogP contribution in [0.1, 0.15) is 32.3 Å². The average Bonchev–Trinajstić information content (AvgIpc) is 2.36. The smallest absolute Gasteiger partial charge is 0.158 e. The quantitative estimate of drug-likeness (QED) is 0.739. The summed E-state index contributed by atoms with van der Waals surface area (Å²) < 4.78 is 0. The molecule has 0 fully saturated rings. The van der Waals surface area contributed by atoms with Crippen molar-refractivity contribution in [3.63, 3.8) is 0 Å². The Morgan fingerprint density at radius 3 is 2.21 bits per heavy atom. The second-order valence-electron chi connectivity index (χ2n) is 5.24. The highest BCUT2D eigenvalue weighted by Gasteiger charge is 2.29. The predicted octanol–water partition coefficient (Wildman–Crippen LogP) is 3.81. The Morgan fingerprint density at radius 2 is 1.79 bits per heavy atom. The van der Waals surface area contributed by atoms with Gasteiger partial charge in [0.2, 0.25) is 0 Å². The molecule has 19 heavy (non-hydrogen) atoms. The van der Waals surface area contributed by atoms with Crippen LogP contribution in [0.15, 0.2) is 42.5 Å². The van der Waals surface area contributed by atoms with Gasteiger partial charge in [0.05, 0.1) is 0 Å². The maximum Gasteiger partial charge on any atom is 0.158 e. The van der Waals surface area contributed by atoms with Crippen molar-refractivity contribution in [3.8, 4) is 0 Å². The Bertz CT molecular complexity index is 428. The molecule has 1 aromatic carbocycles. The van der Waals surface area contributed by atoms with Gasteiger partial charge in [0.15, 0.2) is 5.78 Å². The van der Waals surface area contributed by atoms with Crippen LogP contribution in [0.5, 0.6) is 0 Å². The van der Waals surface area contributed by atoms with Gasteiger partial charge in [-0.15, -0.1) is 12.4 Å². The fourth-order valence-electron chi connectivity index (χ4n) is 1.99. The number of halogens is 1. The van der Waals surface area contributed by atoms with E-state index in [1.165, 1.54) is 5.56 Å².